The van der Waals surface area contributed by atoms with Crippen molar-refractivity contribution < 1.29 is 13.9 Å². The molecule has 1 saturated heterocycles. The highest BCUT2D eigenvalue weighted by atomic mass is 35.5. The normalized spacial score (nSPS) is 24.7. The highest BCUT2D eigenvalue weighted by molar-refractivity contribution is 5.93. The zero-order chi connectivity index (χ0) is 16.5. The highest BCUT2D eigenvalue weighted by Gasteiger charge is 2.43. The zero-order valence-corrected chi connectivity index (χ0v) is 14.8. The fourth-order valence-electron chi connectivity index (χ4n) is 3.93. The van der Waals surface area contributed by atoms with Crippen molar-refractivity contribution >= 4 is 18.3 Å². The number of hydrogen-bond donors (Lipinski definition) is 1. The molecule has 0 bridgehead atoms. The molecule has 1 aliphatic heterocycles. The van der Waals surface area contributed by atoms with Crippen molar-refractivity contribution in [3.63, 3.8) is 0 Å². The van der Waals surface area contributed by atoms with Crippen molar-refractivity contribution in [1.82, 2.24) is 4.90 Å². The van der Waals surface area contributed by atoms with Gasteiger partial charge in [-0.15, -0.1) is 12.4 Å². The van der Waals surface area contributed by atoms with Gasteiger partial charge in [-0.25, -0.2) is 0 Å². The Morgan fingerprint density at radius 2 is 2.00 bits per heavy atom. The van der Waals surface area contributed by atoms with E-state index in [2.05, 4.69) is 0 Å². The molecular weight excluding hydrogens is 340 g/mol. The van der Waals surface area contributed by atoms with Crippen LogP contribution < -0.4 is 10.5 Å². The minimum Gasteiger partial charge on any atom is -0.489 e. The summed E-state index contributed by atoms with van der Waals surface area (Å²) in [6, 6.07) is 11.6. The Morgan fingerprint density at radius 1 is 1.20 bits per heavy atom. The lowest BCUT2D eigenvalue weighted by Gasteiger charge is -2.18. The van der Waals surface area contributed by atoms with E-state index in [1.54, 1.807) is 12.3 Å². The van der Waals surface area contributed by atoms with Crippen molar-refractivity contribution in [2.75, 3.05) is 13.1 Å². The van der Waals surface area contributed by atoms with E-state index in [0.29, 0.717) is 24.2 Å². The summed E-state index contributed by atoms with van der Waals surface area (Å²) in [6.07, 6.45) is 3.76. The molecule has 0 spiro atoms. The molecule has 1 aliphatic carbocycles. The van der Waals surface area contributed by atoms with E-state index >= 15 is 0 Å². The van der Waals surface area contributed by atoms with Crippen molar-refractivity contribution in [3.8, 4) is 5.75 Å². The molecule has 0 radical (unpaired) electrons. The lowest BCUT2D eigenvalue weighted by atomic mass is 9.98. The summed E-state index contributed by atoms with van der Waals surface area (Å²) in [7, 11) is 0. The number of carbonyl (C=O) groups excluding carboxylic acids is 1. The van der Waals surface area contributed by atoms with Crippen molar-refractivity contribution in [1.29, 1.82) is 0 Å². The van der Waals surface area contributed by atoms with Crippen LogP contribution in [0.4, 0.5) is 0 Å². The number of fused-ring (bicyclic) bond motifs is 1. The lowest BCUT2D eigenvalue weighted by molar-refractivity contribution is 0.0744. The van der Waals surface area contributed by atoms with Gasteiger partial charge in [-0.3, -0.25) is 4.79 Å². The Hall–Kier alpha value is -1.98. The Balaban J connectivity index is 0.00000182. The fraction of sp³-hybridized carbons (Fsp3) is 0.421. The summed E-state index contributed by atoms with van der Waals surface area (Å²) in [5.74, 6) is 2.10. The predicted octanol–water partition coefficient (Wildman–Crippen LogP) is 3.09. The third-order valence-corrected chi connectivity index (χ3v) is 5.28. The molecule has 5 nitrogen and oxygen atoms in total. The van der Waals surface area contributed by atoms with E-state index < -0.39 is 0 Å². The van der Waals surface area contributed by atoms with E-state index in [1.807, 2.05) is 35.2 Å². The maximum absolute atomic E-state index is 12.8. The minimum absolute atomic E-state index is 0. The summed E-state index contributed by atoms with van der Waals surface area (Å²) in [5.41, 5.74) is 6.94. The van der Waals surface area contributed by atoms with E-state index in [9.17, 15) is 4.79 Å². The van der Waals surface area contributed by atoms with Gasteiger partial charge in [0.15, 0.2) is 5.76 Å². The van der Waals surface area contributed by atoms with E-state index in [0.717, 1.165) is 37.2 Å². The molecular formula is C19H23ClN2O3. The van der Waals surface area contributed by atoms with Crippen LogP contribution in [0.5, 0.6) is 5.75 Å². The first-order valence-corrected chi connectivity index (χ1v) is 8.51. The molecule has 2 aromatic rings. The number of rotatable bonds is 4. The van der Waals surface area contributed by atoms with Crippen LogP contribution in [0.15, 0.2) is 47.1 Å². The Morgan fingerprint density at radius 3 is 2.76 bits per heavy atom. The third-order valence-electron chi connectivity index (χ3n) is 5.28. The summed E-state index contributed by atoms with van der Waals surface area (Å²) in [5, 5.41) is 0. The quantitative estimate of drug-likeness (QED) is 0.907. The minimum atomic E-state index is -0.0479. The molecule has 134 valence electrons. The van der Waals surface area contributed by atoms with E-state index in [-0.39, 0.29) is 24.4 Å². The third kappa shape index (κ3) is 3.53. The zero-order valence-electron chi connectivity index (χ0n) is 14.0. The molecule has 4 rings (SSSR count). The van der Waals surface area contributed by atoms with Crippen molar-refractivity contribution in [3.05, 3.63) is 54.0 Å². The predicted molar refractivity (Wildman–Crippen MR) is 96.8 cm³/mol. The lowest BCUT2D eigenvalue weighted by Crippen LogP contribution is -2.33. The summed E-state index contributed by atoms with van der Waals surface area (Å²) in [4.78, 5) is 14.7. The molecule has 3 atom stereocenters. The molecule has 25 heavy (non-hydrogen) atoms. The fourth-order valence-corrected chi connectivity index (χ4v) is 3.93. The second kappa shape index (κ2) is 7.50. The maximum Gasteiger partial charge on any atom is 0.289 e. The summed E-state index contributed by atoms with van der Waals surface area (Å²) in [6.45, 7) is 1.85. The average molecular weight is 363 g/mol. The van der Waals surface area contributed by atoms with Crippen LogP contribution in [-0.2, 0) is 6.61 Å². The van der Waals surface area contributed by atoms with Gasteiger partial charge in [0.25, 0.3) is 5.91 Å². The molecule has 1 aromatic carbocycles. The molecule has 6 heteroatoms. The molecule has 2 fully saturated rings. The van der Waals surface area contributed by atoms with Gasteiger partial charge >= 0.3 is 0 Å². The molecule has 3 unspecified atom stereocenters. The maximum atomic E-state index is 12.8. The largest absolute Gasteiger partial charge is 0.489 e. The van der Waals surface area contributed by atoms with Gasteiger partial charge in [-0.05, 0) is 42.9 Å². The van der Waals surface area contributed by atoms with Crippen LogP contribution >= 0.6 is 12.4 Å². The molecule has 2 N–H and O–H groups in total. The van der Waals surface area contributed by atoms with Crippen LogP contribution in [0.3, 0.4) is 0 Å². The number of nitrogens with zero attached hydrogens (tertiary/aromatic N) is 1. The summed E-state index contributed by atoms with van der Waals surface area (Å²) >= 11 is 0. The Kier molecular flexibility index (Phi) is 5.35. The number of furan rings is 1. The summed E-state index contributed by atoms with van der Waals surface area (Å²) < 4.78 is 11.2. The van der Waals surface area contributed by atoms with Gasteiger partial charge in [-0.2, -0.15) is 0 Å². The smallest absolute Gasteiger partial charge is 0.289 e. The Labute approximate surface area is 153 Å². The molecule has 1 amide bonds. The molecule has 1 saturated carbocycles. The van der Waals surface area contributed by atoms with Crippen molar-refractivity contribution in [2.24, 2.45) is 17.6 Å². The number of carbonyl (C=O) groups is 1. The van der Waals surface area contributed by atoms with Crippen LogP contribution in [-0.4, -0.2) is 29.9 Å². The van der Waals surface area contributed by atoms with Crippen molar-refractivity contribution in [2.45, 2.75) is 25.5 Å². The van der Waals surface area contributed by atoms with E-state index in [4.69, 9.17) is 14.9 Å². The van der Waals surface area contributed by atoms with Gasteiger partial charge < -0.3 is 19.8 Å². The van der Waals surface area contributed by atoms with E-state index in [1.165, 1.54) is 0 Å². The number of benzene rings is 1. The Bertz CT molecular complexity index is 718. The first kappa shape index (κ1) is 17.8. The topological polar surface area (TPSA) is 68.7 Å². The van der Waals surface area contributed by atoms with Gasteiger partial charge in [0, 0.05) is 24.7 Å². The second-order valence-corrected chi connectivity index (χ2v) is 6.75. The monoisotopic (exact) mass is 362 g/mol. The number of halogens is 1. The van der Waals surface area contributed by atoms with Gasteiger partial charge in [0.05, 0.1) is 6.26 Å². The number of para-hydroxylation sites is 1. The molecule has 2 heterocycles. The van der Waals surface area contributed by atoms with Crippen LogP contribution in [0, 0.1) is 11.8 Å². The molecule has 2 aliphatic rings. The number of nitrogens with two attached hydrogens (primary N) is 1. The number of hydrogen-bond acceptors (Lipinski definition) is 4. The van der Waals surface area contributed by atoms with Gasteiger partial charge in [0.1, 0.15) is 12.4 Å². The average Bonchev–Trinajstić information content (AvgIpc) is 3.31. The first-order valence-electron chi connectivity index (χ1n) is 8.51. The van der Waals surface area contributed by atoms with Gasteiger partial charge in [0.2, 0.25) is 0 Å². The second-order valence-electron chi connectivity index (χ2n) is 6.75. The van der Waals surface area contributed by atoms with Crippen LogP contribution in [0.2, 0.25) is 0 Å². The number of likely N-dealkylation sites (tertiary alicyclic amines) is 1. The van der Waals surface area contributed by atoms with Gasteiger partial charge in [-0.1, -0.05) is 18.2 Å². The number of amides is 1. The van der Waals surface area contributed by atoms with Crippen LogP contribution in [0.25, 0.3) is 0 Å². The standard InChI is InChI=1S/C19H22N2O3.ClH/c20-17-7-6-13-10-21(11-16(13)17)19(22)18-14(8-9-23-18)12-24-15-4-2-1-3-5-15;/h1-5,8-9,13,16-17H,6-7,10-12,20H2;1H. The van der Waals surface area contributed by atoms with Crippen LogP contribution in [0.1, 0.15) is 29.0 Å². The SMILES string of the molecule is Cl.NC1CCC2CN(C(=O)c3occc3COc3ccccc3)CC12. The highest BCUT2D eigenvalue weighted by Crippen LogP contribution is 2.37. The molecule has 1 aromatic heterocycles. The number of ether oxygens (including phenoxy) is 1. The first-order chi connectivity index (χ1) is 11.7.